The van der Waals surface area contributed by atoms with Crippen LogP contribution in [0.1, 0.15) is 6.92 Å². The molecule has 0 saturated carbocycles. The molecule has 0 aliphatic carbocycles. The smallest absolute Gasteiger partial charge is 0.330 e. The molecule has 0 aromatic heterocycles. The molecule has 11 heavy (non-hydrogen) atoms. The van der Waals surface area contributed by atoms with Crippen LogP contribution in [0, 0.1) is 0 Å². The molecule has 0 saturated heterocycles. The molecule has 0 atom stereocenters. The molecular formula is C8H12O3. The van der Waals surface area contributed by atoms with Crippen molar-refractivity contribution < 1.29 is 14.6 Å². The van der Waals surface area contributed by atoms with Gasteiger partial charge in [0.15, 0.2) is 0 Å². The molecule has 0 radical (unpaired) electrons. The van der Waals surface area contributed by atoms with E-state index in [2.05, 4.69) is 4.74 Å². The fraction of sp³-hybridized carbons (Fsp3) is 0.375. The van der Waals surface area contributed by atoms with Crippen LogP contribution in [0.15, 0.2) is 24.3 Å². The van der Waals surface area contributed by atoms with Crippen LogP contribution in [0.25, 0.3) is 0 Å². The highest BCUT2D eigenvalue weighted by Gasteiger charge is 1.92. The quantitative estimate of drug-likeness (QED) is 0.369. The van der Waals surface area contributed by atoms with Crippen LogP contribution in [0.3, 0.4) is 0 Å². The van der Waals surface area contributed by atoms with Gasteiger partial charge >= 0.3 is 5.97 Å². The first kappa shape index (κ1) is 9.91. The summed E-state index contributed by atoms with van der Waals surface area (Å²) in [5, 5.41) is 8.27. The Bertz CT molecular complexity index is 159. The predicted molar refractivity (Wildman–Crippen MR) is 42.0 cm³/mol. The molecule has 0 aliphatic rings. The third-order valence-corrected chi connectivity index (χ3v) is 0.871. The summed E-state index contributed by atoms with van der Waals surface area (Å²) >= 11 is 0. The van der Waals surface area contributed by atoms with E-state index in [-0.39, 0.29) is 13.2 Å². The maximum absolute atomic E-state index is 10.6. The summed E-state index contributed by atoms with van der Waals surface area (Å²) in [5.74, 6) is -0.433. The zero-order valence-electron chi connectivity index (χ0n) is 6.49. The number of esters is 1. The summed E-state index contributed by atoms with van der Waals surface area (Å²) in [6, 6.07) is 0. The number of ether oxygens (including phenoxy) is 1. The van der Waals surface area contributed by atoms with Crippen LogP contribution in [0.4, 0.5) is 0 Å². The van der Waals surface area contributed by atoms with Crippen LogP contribution < -0.4 is 0 Å². The summed E-state index contributed by atoms with van der Waals surface area (Å²) in [4.78, 5) is 10.6. The molecule has 3 nitrogen and oxygen atoms in total. The Morgan fingerprint density at radius 1 is 1.55 bits per heavy atom. The van der Waals surface area contributed by atoms with Crippen LogP contribution in [-0.2, 0) is 9.53 Å². The SMILES string of the molecule is C/C=C/C=C/C(=O)OCCO. The largest absolute Gasteiger partial charge is 0.460 e. The van der Waals surface area contributed by atoms with Gasteiger partial charge in [0.2, 0.25) is 0 Å². The minimum absolute atomic E-state index is 0.0546. The van der Waals surface area contributed by atoms with E-state index in [1.54, 1.807) is 18.2 Å². The second kappa shape index (κ2) is 7.02. The van der Waals surface area contributed by atoms with Crippen molar-refractivity contribution in [2.24, 2.45) is 0 Å². The van der Waals surface area contributed by atoms with E-state index in [1.165, 1.54) is 6.08 Å². The Morgan fingerprint density at radius 3 is 2.82 bits per heavy atom. The minimum atomic E-state index is -0.433. The molecule has 1 N–H and O–H groups in total. The van der Waals surface area contributed by atoms with Crippen LogP contribution >= 0.6 is 0 Å². The van der Waals surface area contributed by atoms with Crippen molar-refractivity contribution in [3.05, 3.63) is 24.3 Å². The molecule has 3 heteroatoms. The van der Waals surface area contributed by atoms with Crippen molar-refractivity contribution in [3.8, 4) is 0 Å². The van der Waals surface area contributed by atoms with Gasteiger partial charge in [0.25, 0.3) is 0 Å². The average Bonchev–Trinajstić information content (AvgIpc) is 2.01. The summed E-state index contributed by atoms with van der Waals surface area (Å²) in [5.41, 5.74) is 0. The van der Waals surface area contributed by atoms with Gasteiger partial charge in [0.05, 0.1) is 6.61 Å². The van der Waals surface area contributed by atoms with Crippen molar-refractivity contribution in [2.45, 2.75) is 6.92 Å². The van der Waals surface area contributed by atoms with Gasteiger partial charge in [0.1, 0.15) is 6.61 Å². The Hall–Kier alpha value is -1.09. The maximum Gasteiger partial charge on any atom is 0.330 e. The lowest BCUT2D eigenvalue weighted by atomic mass is 10.4. The van der Waals surface area contributed by atoms with E-state index in [0.717, 1.165) is 0 Å². The summed E-state index contributed by atoms with van der Waals surface area (Å²) in [6.45, 7) is 1.77. The molecule has 0 rings (SSSR count). The van der Waals surface area contributed by atoms with E-state index in [4.69, 9.17) is 5.11 Å². The second-order valence-corrected chi connectivity index (χ2v) is 1.78. The molecule has 0 heterocycles. The third-order valence-electron chi connectivity index (χ3n) is 0.871. The molecule has 0 bridgehead atoms. The third kappa shape index (κ3) is 6.80. The summed E-state index contributed by atoms with van der Waals surface area (Å²) < 4.78 is 4.53. The van der Waals surface area contributed by atoms with Gasteiger partial charge in [-0.05, 0) is 6.92 Å². The highest BCUT2D eigenvalue weighted by molar-refractivity contribution is 5.82. The Balaban J connectivity index is 3.51. The van der Waals surface area contributed by atoms with E-state index >= 15 is 0 Å². The van der Waals surface area contributed by atoms with Gasteiger partial charge in [-0.15, -0.1) is 0 Å². The van der Waals surface area contributed by atoms with Crippen molar-refractivity contribution in [2.75, 3.05) is 13.2 Å². The van der Waals surface area contributed by atoms with Gasteiger partial charge in [-0.1, -0.05) is 18.2 Å². The van der Waals surface area contributed by atoms with Crippen LogP contribution in [-0.4, -0.2) is 24.3 Å². The van der Waals surface area contributed by atoms with Gasteiger partial charge in [-0.3, -0.25) is 0 Å². The number of carbonyl (C=O) groups excluding carboxylic acids is 1. The fourth-order valence-corrected chi connectivity index (χ4v) is 0.440. The average molecular weight is 156 g/mol. The lowest BCUT2D eigenvalue weighted by molar-refractivity contribution is -0.138. The second-order valence-electron chi connectivity index (χ2n) is 1.78. The number of hydrogen-bond donors (Lipinski definition) is 1. The lowest BCUT2D eigenvalue weighted by Crippen LogP contribution is -2.04. The number of aliphatic hydroxyl groups excluding tert-OH is 1. The zero-order chi connectivity index (χ0) is 8.53. The van der Waals surface area contributed by atoms with Gasteiger partial charge in [0, 0.05) is 6.08 Å². The zero-order valence-corrected chi connectivity index (χ0v) is 6.49. The Labute approximate surface area is 66.0 Å². The summed E-state index contributed by atoms with van der Waals surface area (Å²) in [6.07, 6.45) is 6.41. The van der Waals surface area contributed by atoms with Gasteiger partial charge in [-0.2, -0.15) is 0 Å². The maximum atomic E-state index is 10.6. The standard InChI is InChI=1S/C8H12O3/c1-2-3-4-5-8(10)11-7-6-9/h2-5,9H,6-7H2,1H3/b3-2+,5-4+. The van der Waals surface area contributed by atoms with Crippen molar-refractivity contribution >= 4 is 5.97 Å². The molecular weight excluding hydrogens is 144 g/mol. The lowest BCUT2D eigenvalue weighted by Gasteiger charge is -1.95. The van der Waals surface area contributed by atoms with Gasteiger partial charge < -0.3 is 9.84 Å². The highest BCUT2D eigenvalue weighted by Crippen LogP contribution is 1.82. The molecule has 0 amide bonds. The van der Waals surface area contributed by atoms with Crippen molar-refractivity contribution in [1.29, 1.82) is 0 Å². The first-order chi connectivity index (χ1) is 5.31. The molecule has 0 spiro atoms. The molecule has 0 aromatic rings. The van der Waals surface area contributed by atoms with E-state index in [1.807, 2.05) is 6.92 Å². The van der Waals surface area contributed by atoms with Gasteiger partial charge in [-0.25, -0.2) is 4.79 Å². The number of aliphatic hydroxyl groups is 1. The molecule has 62 valence electrons. The number of rotatable bonds is 4. The number of hydrogen-bond acceptors (Lipinski definition) is 3. The van der Waals surface area contributed by atoms with E-state index in [0.29, 0.717) is 0 Å². The summed E-state index contributed by atoms with van der Waals surface area (Å²) in [7, 11) is 0. The van der Waals surface area contributed by atoms with Crippen LogP contribution in [0.5, 0.6) is 0 Å². The molecule has 0 aliphatic heterocycles. The Morgan fingerprint density at radius 2 is 2.27 bits per heavy atom. The number of allylic oxidation sites excluding steroid dienone is 3. The van der Waals surface area contributed by atoms with E-state index < -0.39 is 5.97 Å². The monoisotopic (exact) mass is 156 g/mol. The van der Waals surface area contributed by atoms with Crippen LogP contribution in [0.2, 0.25) is 0 Å². The first-order valence-electron chi connectivity index (χ1n) is 3.38. The molecule has 0 unspecified atom stereocenters. The molecule has 0 fully saturated rings. The first-order valence-corrected chi connectivity index (χ1v) is 3.38. The number of carbonyl (C=O) groups is 1. The van der Waals surface area contributed by atoms with E-state index in [9.17, 15) is 4.79 Å². The van der Waals surface area contributed by atoms with Crippen molar-refractivity contribution in [3.63, 3.8) is 0 Å². The minimum Gasteiger partial charge on any atom is -0.460 e. The predicted octanol–water partition coefficient (Wildman–Crippen LogP) is 0.654. The molecule has 0 aromatic carbocycles. The normalized spacial score (nSPS) is 11.1. The fourth-order valence-electron chi connectivity index (χ4n) is 0.440. The highest BCUT2D eigenvalue weighted by atomic mass is 16.5. The Kier molecular flexibility index (Phi) is 6.33. The van der Waals surface area contributed by atoms with Crippen molar-refractivity contribution in [1.82, 2.24) is 0 Å². The topological polar surface area (TPSA) is 46.5 Å².